The zero-order valence-corrected chi connectivity index (χ0v) is 11.0. The molecule has 0 radical (unpaired) electrons. The van der Waals surface area contributed by atoms with Crippen LogP contribution in [0.25, 0.3) is 0 Å². The summed E-state index contributed by atoms with van der Waals surface area (Å²) >= 11 is 7.33. The van der Waals surface area contributed by atoms with Crippen LogP contribution in [0.5, 0.6) is 0 Å². The highest BCUT2D eigenvalue weighted by atomic mass is 35.5. The van der Waals surface area contributed by atoms with Gasteiger partial charge in [0.25, 0.3) is 0 Å². The second-order valence-corrected chi connectivity index (χ2v) is 5.74. The third-order valence-corrected chi connectivity index (χ3v) is 4.19. The smallest absolute Gasteiger partial charge is 0.258 e. The number of rotatable bonds is 4. The largest absolute Gasteiger partial charge is 0.301 e. The van der Waals surface area contributed by atoms with Gasteiger partial charge in [-0.1, -0.05) is 38.4 Å². The molecule has 1 unspecified atom stereocenters. The van der Waals surface area contributed by atoms with Crippen LogP contribution in [-0.2, 0) is 0 Å². The molecule has 0 amide bonds. The number of hydrogen-bond acceptors (Lipinski definition) is 3. The SMILES string of the molecule is CC(C)C(C)Sc1cccc(Cl)c1[N+](=O)[O-]. The van der Waals surface area contributed by atoms with Crippen molar-refractivity contribution in [2.24, 2.45) is 5.92 Å². The Bertz CT molecular complexity index is 396. The molecule has 5 heteroatoms. The topological polar surface area (TPSA) is 43.1 Å². The van der Waals surface area contributed by atoms with E-state index in [4.69, 9.17) is 11.6 Å². The minimum absolute atomic E-state index is 0.0154. The molecule has 0 N–H and O–H groups in total. The number of halogens is 1. The Morgan fingerprint density at radius 2 is 2.00 bits per heavy atom. The van der Waals surface area contributed by atoms with Gasteiger partial charge in [-0.05, 0) is 18.1 Å². The number of para-hydroxylation sites is 1. The van der Waals surface area contributed by atoms with E-state index in [0.29, 0.717) is 16.1 Å². The van der Waals surface area contributed by atoms with Crippen molar-refractivity contribution in [3.63, 3.8) is 0 Å². The van der Waals surface area contributed by atoms with Crippen LogP contribution in [-0.4, -0.2) is 10.2 Å². The molecule has 1 aromatic carbocycles. The van der Waals surface area contributed by atoms with Gasteiger partial charge in [-0.3, -0.25) is 10.1 Å². The molecule has 0 aliphatic carbocycles. The maximum atomic E-state index is 10.9. The van der Waals surface area contributed by atoms with E-state index in [0.717, 1.165) is 0 Å². The number of hydrogen-bond donors (Lipinski definition) is 0. The van der Waals surface area contributed by atoms with Gasteiger partial charge < -0.3 is 0 Å². The molecule has 1 atom stereocenters. The van der Waals surface area contributed by atoms with Crippen molar-refractivity contribution in [2.75, 3.05) is 0 Å². The van der Waals surface area contributed by atoms with Gasteiger partial charge in [0.05, 0.1) is 9.82 Å². The molecule has 0 aromatic heterocycles. The summed E-state index contributed by atoms with van der Waals surface area (Å²) in [5, 5.41) is 11.4. The van der Waals surface area contributed by atoms with Crippen LogP contribution < -0.4 is 0 Å². The highest BCUT2D eigenvalue weighted by Gasteiger charge is 2.21. The van der Waals surface area contributed by atoms with Crippen molar-refractivity contribution in [2.45, 2.75) is 30.9 Å². The summed E-state index contributed by atoms with van der Waals surface area (Å²) in [6.07, 6.45) is 0. The lowest BCUT2D eigenvalue weighted by atomic mass is 10.2. The highest BCUT2D eigenvalue weighted by Crippen LogP contribution is 2.38. The predicted molar refractivity (Wildman–Crippen MR) is 68.3 cm³/mol. The number of thioether (sulfide) groups is 1. The quantitative estimate of drug-likeness (QED) is 0.458. The average Bonchev–Trinajstić information content (AvgIpc) is 2.16. The maximum absolute atomic E-state index is 10.9. The summed E-state index contributed by atoms with van der Waals surface area (Å²) in [6, 6.07) is 5.03. The van der Waals surface area contributed by atoms with E-state index in [-0.39, 0.29) is 10.7 Å². The van der Waals surface area contributed by atoms with Gasteiger partial charge in [0, 0.05) is 5.25 Å². The maximum Gasteiger partial charge on any atom is 0.301 e. The molecule has 0 heterocycles. The summed E-state index contributed by atoms with van der Waals surface area (Å²) < 4.78 is 0. The molecule has 0 fully saturated rings. The van der Waals surface area contributed by atoms with Crippen molar-refractivity contribution >= 4 is 29.1 Å². The molecule has 0 saturated carbocycles. The van der Waals surface area contributed by atoms with E-state index in [2.05, 4.69) is 20.8 Å². The fourth-order valence-corrected chi connectivity index (χ4v) is 2.53. The van der Waals surface area contributed by atoms with Crippen LogP contribution in [0.15, 0.2) is 23.1 Å². The fraction of sp³-hybridized carbons (Fsp3) is 0.455. The first-order chi connectivity index (χ1) is 7.43. The third kappa shape index (κ3) is 3.12. The normalized spacial score (nSPS) is 12.8. The standard InChI is InChI=1S/C11H14ClNO2S/c1-7(2)8(3)16-10-6-4-5-9(12)11(10)13(14)15/h4-8H,1-3H3. The number of benzene rings is 1. The van der Waals surface area contributed by atoms with Gasteiger partial charge in [-0.25, -0.2) is 0 Å². The van der Waals surface area contributed by atoms with E-state index in [9.17, 15) is 10.1 Å². The molecule has 0 aliphatic rings. The Balaban J connectivity index is 3.04. The Morgan fingerprint density at radius 3 is 2.50 bits per heavy atom. The Kier molecular flexibility index (Phi) is 4.62. The Hall–Kier alpha value is -0.740. The molecule has 0 spiro atoms. The molecule has 3 nitrogen and oxygen atoms in total. The first-order valence-electron chi connectivity index (χ1n) is 5.03. The van der Waals surface area contributed by atoms with E-state index in [1.165, 1.54) is 11.8 Å². The van der Waals surface area contributed by atoms with Crippen molar-refractivity contribution < 1.29 is 4.92 Å². The predicted octanol–water partition coefficient (Wildman–Crippen LogP) is 4.38. The monoisotopic (exact) mass is 259 g/mol. The van der Waals surface area contributed by atoms with Crippen molar-refractivity contribution in [3.8, 4) is 0 Å². The van der Waals surface area contributed by atoms with Crippen LogP contribution in [0, 0.1) is 16.0 Å². The van der Waals surface area contributed by atoms with E-state index >= 15 is 0 Å². The van der Waals surface area contributed by atoms with Crippen LogP contribution in [0.3, 0.4) is 0 Å². The van der Waals surface area contributed by atoms with E-state index < -0.39 is 4.92 Å². The van der Waals surface area contributed by atoms with Gasteiger partial charge in [0.1, 0.15) is 5.02 Å². The molecule has 1 aromatic rings. The Morgan fingerprint density at radius 1 is 1.38 bits per heavy atom. The summed E-state index contributed by atoms with van der Waals surface area (Å²) in [4.78, 5) is 11.1. The lowest BCUT2D eigenvalue weighted by Crippen LogP contribution is -2.06. The molecule has 16 heavy (non-hydrogen) atoms. The lowest BCUT2D eigenvalue weighted by Gasteiger charge is -2.14. The van der Waals surface area contributed by atoms with Gasteiger partial charge in [0.2, 0.25) is 0 Å². The van der Waals surface area contributed by atoms with E-state index in [1.54, 1.807) is 18.2 Å². The summed E-state index contributed by atoms with van der Waals surface area (Å²) in [7, 11) is 0. The number of nitro benzene ring substituents is 1. The van der Waals surface area contributed by atoms with Crippen LogP contribution in [0.2, 0.25) is 5.02 Å². The van der Waals surface area contributed by atoms with Gasteiger partial charge in [0.15, 0.2) is 0 Å². The summed E-state index contributed by atoms with van der Waals surface area (Å²) in [5.74, 6) is 0.462. The van der Waals surface area contributed by atoms with Crippen LogP contribution in [0.1, 0.15) is 20.8 Å². The average molecular weight is 260 g/mol. The minimum atomic E-state index is -0.419. The summed E-state index contributed by atoms with van der Waals surface area (Å²) in [5.41, 5.74) is 0.0154. The molecule has 0 bridgehead atoms. The minimum Gasteiger partial charge on any atom is -0.258 e. The molecule has 0 saturated heterocycles. The molecule has 0 aliphatic heterocycles. The second kappa shape index (κ2) is 5.55. The first kappa shape index (κ1) is 13.3. The zero-order valence-electron chi connectivity index (χ0n) is 9.44. The van der Waals surface area contributed by atoms with Crippen molar-refractivity contribution in [3.05, 3.63) is 33.3 Å². The number of nitro groups is 1. The van der Waals surface area contributed by atoms with Crippen LogP contribution in [0.4, 0.5) is 5.69 Å². The first-order valence-corrected chi connectivity index (χ1v) is 6.28. The van der Waals surface area contributed by atoms with E-state index in [1.807, 2.05) is 0 Å². The Labute approximate surface area is 104 Å². The van der Waals surface area contributed by atoms with Crippen molar-refractivity contribution in [1.82, 2.24) is 0 Å². The van der Waals surface area contributed by atoms with Gasteiger partial charge in [-0.15, -0.1) is 11.8 Å². The summed E-state index contributed by atoms with van der Waals surface area (Å²) in [6.45, 7) is 6.24. The van der Waals surface area contributed by atoms with Gasteiger partial charge in [-0.2, -0.15) is 0 Å². The molecule has 88 valence electrons. The van der Waals surface area contributed by atoms with Gasteiger partial charge >= 0.3 is 5.69 Å². The third-order valence-electron chi connectivity index (χ3n) is 2.38. The molecular weight excluding hydrogens is 246 g/mol. The van der Waals surface area contributed by atoms with Crippen LogP contribution >= 0.6 is 23.4 Å². The lowest BCUT2D eigenvalue weighted by molar-refractivity contribution is -0.387. The van der Waals surface area contributed by atoms with Crippen molar-refractivity contribution in [1.29, 1.82) is 0 Å². The fourth-order valence-electron chi connectivity index (χ4n) is 1.10. The second-order valence-electron chi connectivity index (χ2n) is 3.91. The molecule has 1 rings (SSSR count). The molecular formula is C11H14ClNO2S. The highest BCUT2D eigenvalue weighted by molar-refractivity contribution is 8.00. The number of nitrogens with zero attached hydrogens (tertiary/aromatic N) is 1. The zero-order chi connectivity index (χ0) is 12.3.